The van der Waals surface area contributed by atoms with Crippen molar-refractivity contribution in [2.24, 2.45) is 0 Å². The van der Waals surface area contributed by atoms with Gasteiger partial charge in [-0.2, -0.15) is 0 Å². The molecular formula is C10H10BrClO. The number of Topliss-reactive ketones (excluding diaryl/α,β-unsaturated/α-hetero) is 1. The van der Waals surface area contributed by atoms with Crippen LogP contribution in [0.15, 0.2) is 28.7 Å². The van der Waals surface area contributed by atoms with E-state index in [-0.39, 0.29) is 5.78 Å². The number of carbonyl (C=O) groups is 1. The quantitative estimate of drug-likeness (QED) is 0.761. The zero-order chi connectivity index (χ0) is 9.68. The van der Waals surface area contributed by atoms with E-state index in [1.165, 1.54) is 0 Å². The topological polar surface area (TPSA) is 17.1 Å². The lowest BCUT2D eigenvalue weighted by Crippen LogP contribution is -2.03. The number of ketones is 1. The van der Waals surface area contributed by atoms with Gasteiger partial charge in [0.1, 0.15) is 5.78 Å². The van der Waals surface area contributed by atoms with E-state index in [4.69, 9.17) is 11.6 Å². The van der Waals surface area contributed by atoms with Crippen LogP contribution in [0.2, 0.25) is 0 Å². The predicted molar refractivity (Wildman–Crippen MR) is 58.2 cm³/mol. The largest absolute Gasteiger partial charge is 0.299 e. The Labute approximate surface area is 91.2 Å². The Morgan fingerprint density at radius 2 is 2.08 bits per heavy atom. The van der Waals surface area contributed by atoms with E-state index in [2.05, 4.69) is 15.9 Å². The number of halogens is 2. The third-order valence-corrected chi connectivity index (χ3v) is 2.68. The Morgan fingerprint density at radius 1 is 1.38 bits per heavy atom. The zero-order valence-corrected chi connectivity index (χ0v) is 9.44. The summed E-state index contributed by atoms with van der Waals surface area (Å²) in [5, 5.41) is 0. The molecule has 0 radical (unpaired) electrons. The van der Waals surface area contributed by atoms with Gasteiger partial charge in [-0.15, -0.1) is 11.6 Å². The zero-order valence-electron chi connectivity index (χ0n) is 7.09. The summed E-state index contributed by atoms with van der Waals surface area (Å²) in [5.41, 5.74) is 1.03. The van der Waals surface area contributed by atoms with E-state index in [1.54, 1.807) is 0 Å². The van der Waals surface area contributed by atoms with Crippen LogP contribution in [0.25, 0.3) is 0 Å². The van der Waals surface area contributed by atoms with Crippen LogP contribution >= 0.6 is 27.5 Å². The molecule has 1 aromatic rings. The first-order valence-electron chi connectivity index (χ1n) is 4.05. The van der Waals surface area contributed by atoms with Crippen LogP contribution in [0.5, 0.6) is 0 Å². The normalized spacial score (nSPS) is 10.0. The molecule has 0 unspecified atom stereocenters. The standard InChI is InChI=1S/C10H10BrClO/c11-10-4-2-1-3-8(10)7-9(13)5-6-12/h1-4H,5-7H2. The molecule has 0 spiro atoms. The number of benzene rings is 1. The summed E-state index contributed by atoms with van der Waals surface area (Å²) in [6, 6.07) is 7.73. The molecule has 1 nitrogen and oxygen atoms in total. The van der Waals surface area contributed by atoms with Gasteiger partial charge >= 0.3 is 0 Å². The summed E-state index contributed by atoms with van der Waals surface area (Å²) in [5.74, 6) is 0.588. The van der Waals surface area contributed by atoms with E-state index < -0.39 is 0 Å². The first-order valence-corrected chi connectivity index (χ1v) is 5.38. The van der Waals surface area contributed by atoms with Gasteiger partial charge in [0.05, 0.1) is 0 Å². The molecule has 3 heteroatoms. The van der Waals surface area contributed by atoms with Crippen LogP contribution in [0.4, 0.5) is 0 Å². The Balaban J connectivity index is 2.63. The molecule has 0 aliphatic carbocycles. The molecule has 13 heavy (non-hydrogen) atoms. The summed E-state index contributed by atoms with van der Waals surface area (Å²) >= 11 is 8.86. The van der Waals surface area contributed by atoms with Crippen molar-refractivity contribution in [1.29, 1.82) is 0 Å². The van der Waals surface area contributed by atoms with Gasteiger partial charge in [-0.25, -0.2) is 0 Å². The Hall–Kier alpha value is -0.340. The molecule has 0 saturated heterocycles. The average molecular weight is 262 g/mol. The fourth-order valence-electron chi connectivity index (χ4n) is 1.05. The van der Waals surface area contributed by atoms with Gasteiger partial charge in [0.15, 0.2) is 0 Å². The molecule has 0 aliphatic heterocycles. The fourth-order valence-corrected chi connectivity index (χ4v) is 1.68. The van der Waals surface area contributed by atoms with Crippen LogP contribution in [-0.4, -0.2) is 11.7 Å². The molecule has 70 valence electrons. The lowest BCUT2D eigenvalue weighted by molar-refractivity contribution is -0.118. The Morgan fingerprint density at radius 3 is 2.69 bits per heavy atom. The summed E-state index contributed by atoms with van der Waals surface area (Å²) in [6.45, 7) is 0. The van der Waals surface area contributed by atoms with Gasteiger partial charge in [-0.3, -0.25) is 4.79 Å². The average Bonchev–Trinajstić information content (AvgIpc) is 2.09. The second-order valence-electron chi connectivity index (χ2n) is 2.75. The fraction of sp³-hybridized carbons (Fsp3) is 0.300. The maximum atomic E-state index is 11.3. The highest BCUT2D eigenvalue weighted by molar-refractivity contribution is 9.10. The summed E-state index contributed by atoms with van der Waals surface area (Å²) in [7, 11) is 0. The molecule has 1 aromatic carbocycles. The van der Waals surface area contributed by atoms with Crippen molar-refractivity contribution in [1.82, 2.24) is 0 Å². The highest BCUT2D eigenvalue weighted by Gasteiger charge is 2.04. The Bertz CT molecular complexity index is 299. The summed E-state index contributed by atoms with van der Waals surface area (Å²) in [4.78, 5) is 11.3. The smallest absolute Gasteiger partial charge is 0.138 e. The first kappa shape index (κ1) is 10.7. The van der Waals surface area contributed by atoms with E-state index in [0.29, 0.717) is 18.7 Å². The van der Waals surface area contributed by atoms with Crippen LogP contribution < -0.4 is 0 Å². The maximum absolute atomic E-state index is 11.3. The molecule has 0 bridgehead atoms. The van der Waals surface area contributed by atoms with Crippen LogP contribution in [-0.2, 0) is 11.2 Å². The molecule has 0 N–H and O–H groups in total. The number of rotatable bonds is 4. The minimum absolute atomic E-state index is 0.182. The predicted octanol–water partition coefficient (Wildman–Crippen LogP) is 3.19. The molecule has 0 fully saturated rings. The maximum Gasteiger partial charge on any atom is 0.138 e. The Kier molecular flexibility index (Phi) is 4.46. The van der Waals surface area contributed by atoms with Crippen molar-refractivity contribution in [3.05, 3.63) is 34.3 Å². The number of hydrogen-bond acceptors (Lipinski definition) is 1. The molecule has 0 aromatic heterocycles. The molecule has 0 heterocycles. The molecule has 0 saturated carbocycles. The van der Waals surface area contributed by atoms with Gasteiger partial charge < -0.3 is 0 Å². The third-order valence-electron chi connectivity index (χ3n) is 1.72. The molecule has 0 amide bonds. The van der Waals surface area contributed by atoms with Crippen LogP contribution in [0.1, 0.15) is 12.0 Å². The SMILES string of the molecule is O=C(CCCl)Cc1ccccc1Br. The van der Waals surface area contributed by atoms with E-state index in [0.717, 1.165) is 10.0 Å². The van der Waals surface area contributed by atoms with Crippen molar-refractivity contribution in [3.63, 3.8) is 0 Å². The molecule has 1 rings (SSSR count). The highest BCUT2D eigenvalue weighted by Crippen LogP contribution is 2.16. The van der Waals surface area contributed by atoms with E-state index >= 15 is 0 Å². The number of hydrogen-bond donors (Lipinski definition) is 0. The molecular weight excluding hydrogens is 251 g/mol. The van der Waals surface area contributed by atoms with Gasteiger partial charge in [0.25, 0.3) is 0 Å². The lowest BCUT2D eigenvalue weighted by atomic mass is 10.1. The van der Waals surface area contributed by atoms with Crippen molar-refractivity contribution in [2.75, 3.05) is 5.88 Å². The summed E-state index contributed by atoms with van der Waals surface area (Å²) in [6.07, 6.45) is 0.914. The number of alkyl halides is 1. The van der Waals surface area contributed by atoms with Gasteiger partial charge in [-0.05, 0) is 11.6 Å². The highest BCUT2D eigenvalue weighted by atomic mass is 79.9. The minimum atomic E-state index is 0.182. The van der Waals surface area contributed by atoms with E-state index in [9.17, 15) is 4.79 Å². The number of carbonyl (C=O) groups excluding carboxylic acids is 1. The van der Waals surface area contributed by atoms with Crippen molar-refractivity contribution >= 4 is 33.3 Å². The van der Waals surface area contributed by atoms with Crippen molar-refractivity contribution < 1.29 is 4.79 Å². The van der Waals surface area contributed by atoms with Gasteiger partial charge in [0.2, 0.25) is 0 Å². The minimum Gasteiger partial charge on any atom is -0.299 e. The van der Waals surface area contributed by atoms with Crippen molar-refractivity contribution in [2.45, 2.75) is 12.8 Å². The summed E-state index contributed by atoms with van der Waals surface area (Å²) < 4.78 is 0.984. The lowest BCUT2D eigenvalue weighted by Gasteiger charge is -2.01. The second kappa shape index (κ2) is 5.40. The van der Waals surface area contributed by atoms with E-state index in [1.807, 2.05) is 24.3 Å². The van der Waals surface area contributed by atoms with Crippen molar-refractivity contribution in [3.8, 4) is 0 Å². The third kappa shape index (κ3) is 3.49. The molecule has 0 atom stereocenters. The second-order valence-corrected chi connectivity index (χ2v) is 3.98. The van der Waals surface area contributed by atoms with Crippen LogP contribution in [0, 0.1) is 0 Å². The van der Waals surface area contributed by atoms with Gasteiger partial charge in [0, 0.05) is 23.2 Å². The monoisotopic (exact) mass is 260 g/mol. The van der Waals surface area contributed by atoms with Gasteiger partial charge in [-0.1, -0.05) is 34.1 Å². The first-order chi connectivity index (χ1) is 6.24. The van der Waals surface area contributed by atoms with Crippen LogP contribution in [0.3, 0.4) is 0 Å². The molecule has 0 aliphatic rings.